The first-order chi connectivity index (χ1) is 10.2. The Morgan fingerprint density at radius 2 is 1.86 bits per heavy atom. The Bertz CT molecular complexity index is 438. The highest BCUT2D eigenvalue weighted by Gasteiger charge is 2.19. The first kappa shape index (κ1) is 15.7. The largest absolute Gasteiger partial charge is 0.368 e. The van der Waals surface area contributed by atoms with Gasteiger partial charge in [0, 0.05) is 13.1 Å². The maximum atomic E-state index is 11.6. The van der Waals surface area contributed by atoms with Crippen LogP contribution in [-0.2, 0) is 0 Å². The van der Waals surface area contributed by atoms with Crippen molar-refractivity contribution < 1.29 is 4.79 Å². The molecule has 5 nitrogen and oxygen atoms in total. The summed E-state index contributed by atoms with van der Waals surface area (Å²) in [5.74, 6) is 2.24. The van der Waals surface area contributed by atoms with E-state index < -0.39 is 0 Å². The van der Waals surface area contributed by atoms with Gasteiger partial charge in [-0.25, -0.2) is 0 Å². The number of nitrogens with one attached hydrogen (secondary N) is 2. The lowest BCUT2D eigenvalue weighted by Crippen LogP contribution is -2.24. The summed E-state index contributed by atoms with van der Waals surface area (Å²) >= 11 is 0. The molecule has 0 bridgehead atoms. The second kappa shape index (κ2) is 7.96. The number of aromatic nitrogens is 2. The molecule has 0 unspecified atom stereocenters. The van der Waals surface area contributed by atoms with Crippen molar-refractivity contribution in [3.05, 3.63) is 17.8 Å². The van der Waals surface area contributed by atoms with Crippen molar-refractivity contribution >= 4 is 11.7 Å². The number of amides is 1. The first-order valence-electron chi connectivity index (χ1n) is 8.08. The Morgan fingerprint density at radius 1 is 1.14 bits per heavy atom. The van der Waals surface area contributed by atoms with Crippen LogP contribution < -0.4 is 10.6 Å². The summed E-state index contributed by atoms with van der Waals surface area (Å²) in [7, 11) is 0. The molecular weight excluding hydrogens is 264 g/mol. The van der Waals surface area contributed by atoms with Gasteiger partial charge in [-0.15, -0.1) is 10.2 Å². The van der Waals surface area contributed by atoms with E-state index in [1.807, 2.05) is 13.0 Å². The number of hydrogen-bond acceptors (Lipinski definition) is 4. The average molecular weight is 290 g/mol. The Kier molecular flexibility index (Phi) is 5.96. The van der Waals surface area contributed by atoms with Crippen LogP contribution in [0, 0.1) is 11.8 Å². The van der Waals surface area contributed by atoms with Gasteiger partial charge in [0.05, 0.1) is 0 Å². The molecule has 1 heterocycles. The SMILES string of the molecule is CCNC(=O)c1ccc(NCC2CCC(CC)CC2)nn1. The van der Waals surface area contributed by atoms with Crippen LogP contribution in [0.3, 0.4) is 0 Å². The van der Waals surface area contributed by atoms with Crippen molar-refractivity contribution in [2.75, 3.05) is 18.4 Å². The van der Waals surface area contributed by atoms with Gasteiger partial charge in [0.15, 0.2) is 5.69 Å². The molecule has 1 aliphatic rings. The second-order valence-corrected chi connectivity index (χ2v) is 5.84. The summed E-state index contributed by atoms with van der Waals surface area (Å²) < 4.78 is 0. The summed E-state index contributed by atoms with van der Waals surface area (Å²) in [5, 5.41) is 14.1. The summed E-state index contributed by atoms with van der Waals surface area (Å²) in [6, 6.07) is 3.55. The summed E-state index contributed by atoms with van der Waals surface area (Å²) in [6.07, 6.45) is 6.62. The maximum absolute atomic E-state index is 11.6. The predicted molar refractivity (Wildman–Crippen MR) is 84.3 cm³/mol. The predicted octanol–water partition coefficient (Wildman–Crippen LogP) is 2.85. The van der Waals surface area contributed by atoms with E-state index in [-0.39, 0.29) is 5.91 Å². The molecule has 0 saturated heterocycles. The van der Waals surface area contributed by atoms with Crippen molar-refractivity contribution in [2.24, 2.45) is 11.8 Å². The molecule has 1 aromatic heterocycles. The highest BCUT2D eigenvalue weighted by Crippen LogP contribution is 2.30. The number of carbonyl (C=O) groups is 1. The highest BCUT2D eigenvalue weighted by atomic mass is 16.1. The van der Waals surface area contributed by atoms with E-state index in [9.17, 15) is 4.79 Å². The zero-order valence-corrected chi connectivity index (χ0v) is 13.1. The van der Waals surface area contributed by atoms with Crippen molar-refractivity contribution in [1.29, 1.82) is 0 Å². The molecule has 1 fully saturated rings. The van der Waals surface area contributed by atoms with E-state index in [1.54, 1.807) is 6.07 Å². The van der Waals surface area contributed by atoms with Gasteiger partial charge in [0.2, 0.25) is 0 Å². The minimum Gasteiger partial charge on any atom is -0.368 e. The highest BCUT2D eigenvalue weighted by molar-refractivity contribution is 5.92. The van der Waals surface area contributed by atoms with E-state index in [0.29, 0.717) is 12.2 Å². The van der Waals surface area contributed by atoms with Crippen LogP contribution in [0.5, 0.6) is 0 Å². The number of nitrogens with zero attached hydrogens (tertiary/aromatic N) is 2. The van der Waals surface area contributed by atoms with Crippen LogP contribution in [0.25, 0.3) is 0 Å². The average Bonchev–Trinajstić information content (AvgIpc) is 2.54. The van der Waals surface area contributed by atoms with E-state index in [0.717, 1.165) is 24.2 Å². The number of rotatable bonds is 6. The third-order valence-electron chi connectivity index (χ3n) is 4.35. The number of carbonyl (C=O) groups excluding carboxylic acids is 1. The molecule has 21 heavy (non-hydrogen) atoms. The number of hydrogen-bond donors (Lipinski definition) is 2. The van der Waals surface area contributed by atoms with Crippen molar-refractivity contribution in [1.82, 2.24) is 15.5 Å². The van der Waals surface area contributed by atoms with Gasteiger partial charge in [-0.3, -0.25) is 4.79 Å². The van der Waals surface area contributed by atoms with Crippen LogP contribution in [-0.4, -0.2) is 29.2 Å². The van der Waals surface area contributed by atoms with E-state index in [1.165, 1.54) is 32.1 Å². The van der Waals surface area contributed by atoms with E-state index in [2.05, 4.69) is 27.8 Å². The summed E-state index contributed by atoms with van der Waals surface area (Å²) in [4.78, 5) is 11.6. The molecule has 0 atom stereocenters. The molecule has 1 aliphatic carbocycles. The summed E-state index contributed by atoms with van der Waals surface area (Å²) in [6.45, 7) is 5.72. The maximum Gasteiger partial charge on any atom is 0.271 e. The molecule has 0 aliphatic heterocycles. The van der Waals surface area contributed by atoms with Gasteiger partial charge in [0.1, 0.15) is 5.82 Å². The van der Waals surface area contributed by atoms with Gasteiger partial charge in [-0.1, -0.05) is 26.2 Å². The van der Waals surface area contributed by atoms with Crippen LogP contribution in [0.15, 0.2) is 12.1 Å². The number of anilines is 1. The normalized spacial score (nSPS) is 21.8. The third-order valence-corrected chi connectivity index (χ3v) is 4.35. The molecule has 0 radical (unpaired) electrons. The zero-order valence-electron chi connectivity index (χ0n) is 13.1. The molecule has 116 valence electrons. The lowest BCUT2D eigenvalue weighted by atomic mass is 9.81. The van der Waals surface area contributed by atoms with Gasteiger partial charge >= 0.3 is 0 Å². The molecule has 0 aromatic carbocycles. The minimum atomic E-state index is -0.172. The standard InChI is InChI=1S/C16H26N4O/c1-3-12-5-7-13(8-6-12)11-18-15-10-9-14(19-20-15)16(21)17-4-2/h9-10,12-13H,3-8,11H2,1-2H3,(H,17,21)(H,18,20). The molecule has 5 heteroatoms. The Morgan fingerprint density at radius 3 is 2.43 bits per heavy atom. The molecule has 2 N–H and O–H groups in total. The smallest absolute Gasteiger partial charge is 0.271 e. The molecule has 1 amide bonds. The lowest BCUT2D eigenvalue weighted by Gasteiger charge is -2.27. The van der Waals surface area contributed by atoms with Gasteiger partial charge in [-0.2, -0.15) is 0 Å². The fourth-order valence-electron chi connectivity index (χ4n) is 2.89. The van der Waals surface area contributed by atoms with E-state index in [4.69, 9.17) is 0 Å². The Balaban J connectivity index is 1.77. The minimum absolute atomic E-state index is 0.172. The van der Waals surface area contributed by atoms with Crippen LogP contribution in [0.4, 0.5) is 5.82 Å². The topological polar surface area (TPSA) is 66.9 Å². The van der Waals surface area contributed by atoms with E-state index >= 15 is 0 Å². The molecule has 1 aromatic rings. The molecule has 1 saturated carbocycles. The monoisotopic (exact) mass is 290 g/mol. The first-order valence-corrected chi connectivity index (χ1v) is 8.08. The van der Waals surface area contributed by atoms with Gasteiger partial charge in [0.25, 0.3) is 5.91 Å². The quantitative estimate of drug-likeness (QED) is 0.845. The zero-order chi connectivity index (χ0) is 15.1. The lowest BCUT2D eigenvalue weighted by molar-refractivity contribution is 0.0950. The van der Waals surface area contributed by atoms with Gasteiger partial charge < -0.3 is 10.6 Å². The van der Waals surface area contributed by atoms with Crippen LogP contribution in [0.2, 0.25) is 0 Å². The second-order valence-electron chi connectivity index (χ2n) is 5.84. The van der Waals surface area contributed by atoms with Crippen LogP contribution in [0.1, 0.15) is 56.4 Å². The van der Waals surface area contributed by atoms with Crippen molar-refractivity contribution in [3.8, 4) is 0 Å². The van der Waals surface area contributed by atoms with Crippen LogP contribution >= 0.6 is 0 Å². The molecular formula is C16H26N4O. The fraction of sp³-hybridized carbons (Fsp3) is 0.688. The van der Waals surface area contributed by atoms with Crippen molar-refractivity contribution in [3.63, 3.8) is 0 Å². The van der Waals surface area contributed by atoms with Gasteiger partial charge in [-0.05, 0) is 43.7 Å². The molecule has 0 spiro atoms. The fourth-order valence-corrected chi connectivity index (χ4v) is 2.89. The Labute approximate surface area is 126 Å². The summed E-state index contributed by atoms with van der Waals surface area (Å²) in [5.41, 5.74) is 0.367. The Hall–Kier alpha value is -1.65. The third kappa shape index (κ3) is 4.69. The van der Waals surface area contributed by atoms with Crippen molar-refractivity contribution in [2.45, 2.75) is 46.0 Å². The molecule has 2 rings (SSSR count).